The topological polar surface area (TPSA) is 67.4 Å². The molecule has 19 heavy (non-hydrogen) atoms. The Bertz CT molecular complexity index is 418. The summed E-state index contributed by atoms with van der Waals surface area (Å²) in [5, 5.41) is 9.40. The van der Waals surface area contributed by atoms with Crippen LogP contribution in [-0.2, 0) is 9.53 Å². The molecule has 2 amide bonds. The molecule has 0 aliphatic heterocycles. The van der Waals surface area contributed by atoms with Crippen LogP contribution in [0.15, 0.2) is 29.5 Å². The standard InChI is InChI=1S/C13H18N2O3S/c1-3-5-18-13(17)15-8-12(7-14-10(2)16)11-4-6-19-9-11/h3-4,6,9,12H,1,5,7-8H2,2H3,(H,14,16)(H,15,17). The maximum Gasteiger partial charge on any atom is 0.407 e. The number of amides is 2. The lowest BCUT2D eigenvalue weighted by atomic mass is 10.0. The second-order valence-electron chi connectivity index (χ2n) is 3.96. The Morgan fingerprint density at radius 2 is 2.21 bits per heavy atom. The highest BCUT2D eigenvalue weighted by Crippen LogP contribution is 2.17. The minimum absolute atomic E-state index is 0.0337. The highest BCUT2D eigenvalue weighted by Gasteiger charge is 2.14. The zero-order chi connectivity index (χ0) is 14.1. The van der Waals surface area contributed by atoms with E-state index in [-0.39, 0.29) is 18.4 Å². The van der Waals surface area contributed by atoms with Gasteiger partial charge in [0.25, 0.3) is 0 Å². The van der Waals surface area contributed by atoms with Crippen molar-refractivity contribution in [3.63, 3.8) is 0 Å². The molecule has 1 aromatic rings. The molecule has 0 bridgehead atoms. The molecule has 5 nitrogen and oxygen atoms in total. The second-order valence-corrected chi connectivity index (χ2v) is 4.74. The van der Waals surface area contributed by atoms with Crippen molar-refractivity contribution in [2.45, 2.75) is 12.8 Å². The molecule has 0 radical (unpaired) electrons. The molecule has 0 aromatic carbocycles. The third-order valence-electron chi connectivity index (χ3n) is 2.44. The molecule has 0 aliphatic carbocycles. The fourth-order valence-electron chi connectivity index (χ4n) is 1.47. The van der Waals surface area contributed by atoms with E-state index in [1.54, 1.807) is 11.3 Å². The van der Waals surface area contributed by atoms with Gasteiger partial charge in [0, 0.05) is 25.9 Å². The first-order valence-corrected chi connectivity index (χ1v) is 6.85. The molecule has 1 heterocycles. The molecular formula is C13H18N2O3S. The Balaban J connectivity index is 2.47. The number of carbonyl (C=O) groups excluding carboxylic acids is 2. The van der Waals surface area contributed by atoms with Crippen molar-refractivity contribution in [3.05, 3.63) is 35.0 Å². The van der Waals surface area contributed by atoms with Gasteiger partial charge < -0.3 is 15.4 Å². The van der Waals surface area contributed by atoms with Crippen LogP contribution in [-0.4, -0.2) is 31.7 Å². The average Bonchev–Trinajstić information content (AvgIpc) is 2.89. The SMILES string of the molecule is C=CCOC(=O)NCC(CNC(C)=O)c1ccsc1. The third-order valence-corrected chi connectivity index (χ3v) is 3.14. The quantitative estimate of drug-likeness (QED) is 0.750. The van der Waals surface area contributed by atoms with Crippen molar-refractivity contribution in [1.82, 2.24) is 10.6 Å². The van der Waals surface area contributed by atoms with Crippen molar-refractivity contribution in [2.75, 3.05) is 19.7 Å². The first-order chi connectivity index (χ1) is 9.13. The smallest absolute Gasteiger partial charge is 0.407 e. The van der Waals surface area contributed by atoms with Gasteiger partial charge in [-0.1, -0.05) is 12.7 Å². The largest absolute Gasteiger partial charge is 0.445 e. The number of hydrogen-bond donors (Lipinski definition) is 2. The van der Waals surface area contributed by atoms with Gasteiger partial charge in [-0.2, -0.15) is 11.3 Å². The summed E-state index contributed by atoms with van der Waals surface area (Å²) in [7, 11) is 0. The summed E-state index contributed by atoms with van der Waals surface area (Å²) in [6, 6.07) is 1.98. The monoisotopic (exact) mass is 282 g/mol. The van der Waals surface area contributed by atoms with Gasteiger partial charge in [-0.25, -0.2) is 4.79 Å². The van der Waals surface area contributed by atoms with Crippen molar-refractivity contribution in [3.8, 4) is 0 Å². The minimum atomic E-state index is -0.483. The van der Waals surface area contributed by atoms with Crippen LogP contribution >= 0.6 is 11.3 Å². The summed E-state index contributed by atoms with van der Waals surface area (Å²) in [6.07, 6.45) is 1.02. The number of nitrogens with one attached hydrogen (secondary N) is 2. The van der Waals surface area contributed by atoms with Gasteiger partial charge in [0.1, 0.15) is 6.61 Å². The molecule has 1 aromatic heterocycles. The van der Waals surface area contributed by atoms with Crippen molar-refractivity contribution >= 4 is 23.3 Å². The van der Waals surface area contributed by atoms with E-state index in [1.165, 1.54) is 13.0 Å². The first kappa shape index (κ1) is 15.2. The zero-order valence-corrected chi connectivity index (χ0v) is 11.7. The Hall–Kier alpha value is -1.82. The first-order valence-electron chi connectivity index (χ1n) is 5.91. The molecule has 0 fully saturated rings. The van der Waals surface area contributed by atoms with Gasteiger partial charge in [-0.3, -0.25) is 4.79 Å². The van der Waals surface area contributed by atoms with Crippen molar-refractivity contribution in [2.24, 2.45) is 0 Å². The van der Waals surface area contributed by atoms with Crippen LogP contribution in [0.1, 0.15) is 18.4 Å². The summed E-state index contributed by atoms with van der Waals surface area (Å²) in [5.41, 5.74) is 1.09. The van der Waals surface area contributed by atoms with Crippen LogP contribution in [0.5, 0.6) is 0 Å². The predicted octanol–water partition coefficient (Wildman–Crippen LogP) is 1.88. The molecule has 1 atom stereocenters. The van der Waals surface area contributed by atoms with E-state index >= 15 is 0 Å². The average molecular weight is 282 g/mol. The lowest BCUT2D eigenvalue weighted by molar-refractivity contribution is -0.119. The van der Waals surface area contributed by atoms with E-state index in [2.05, 4.69) is 17.2 Å². The fraction of sp³-hybridized carbons (Fsp3) is 0.385. The number of rotatable bonds is 7. The lowest BCUT2D eigenvalue weighted by Crippen LogP contribution is -2.34. The highest BCUT2D eigenvalue weighted by molar-refractivity contribution is 7.07. The summed E-state index contributed by atoms with van der Waals surface area (Å²) in [6.45, 7) is 6.01. The Morgan fingerprint density at radius 3 is 2.79 bits per heavy atom. The second kappa shape index (κ2) is 8.31. The van der Waals surface area contributed by atoms with Crippen molar-refractivity contribution in [1.29, 1.82) is 0 Å². The molecule has 1 unspecified atom stereocenters. The number of hydrogen-bond acceptors (Lipinski definition) is 4. The van der Waals surface area contributed by atoms with E-state index in [0.717, 1.165) is 5.56 Å². The fourth-order valence-corrected chi connectivity index (χ4v) is 2.22. The maximum atomic E-state index is 11.3. The summed E-state index contributed by atoms with van der Waals surface area (Å²) in [5.74, 6) is -0.0547. The predicted molar refractivity (Wildman–Crippen MR) is 75.3 cm³/mol. The lowest BCUT2D eigenvalue weighted by Gasteiger charge is -2.16. The number of carbonyl (C=O) groups is 2. The Kier molecular flexibility index (Phi) is 6.67. The molecule has 0 spiro atoms. The van der Waals surface area contributed by atoms with Gasteiger partial charge in [-0.05, 0) is 22.4 Å². The third kappa shape index (κ3) is 6.05. The summed E-state index contributed by atoms with van der Waals surface area (Å²) in [4.78, 5) is 22.3. The van der Waals surface area contributed by atoms with Crippen LogP contribution in [0.4, 0.5) is 4.79 Å². The molecule has 0 aliphatic rings. The Labute approximate surface area is 116 Å². The number of alkyl carbamates (subject to hydrolysis) is 1. The Morgan fingerprint density at radius 1 is 1.47 bits per heavy atom. The van der Waals surface area contributed by atoms with E-state index in [4.69, 9.17) is 4.74 Å². The van der Waals surface area contributed by atoms with Crippen molar-refractivity contribution < 1.29 is 14.3 Å². The van der Waals surface area contributed by atoms with Crippen LogP contribution in [0, 0.1) is 0 Å². The number of ether oxygens (including phenoxy) is 1. The van der Waals surface area contributed by atoms with Gasteiger partial charge in [0.2, 0.25) is 5.91 Å². The molecule has 0 saturated carbocycles. The minimum Gasteiger partial charge on any atom is -0.445 e. The van der Waals surface area contributed by atoms with Crippen LogP contribution in [0.2, 0.25) is 0 Å². The number of thiophene rings is 1. The molecule has 0 saturated heterocycles. The molecule has 2 N–H and O–H groups in total. The molecule has 6 heteroatoms. The van der Waals surface area contributed by atoms with E-state index in [9.17, 15) is 9.59 Å². The van der Waals surface area contributed by atoms with Crippen LogP contribution in [0.25, 0.3) is 0 Å². The van der Waals surface area contributed by atoms with Gasteiger partial charge in [-0.15, -0.1) is 0 Å². The normalized spacial score (nSPS) is 11.4. The molecule has 104 valence electrons. The maximum absolute atomic E-state index is 11.3. The summed E-state index contributed by atoms with van der Waals surface area (Å²) >= 11 is 1.58. The van der Waals surface area contributed by atoms with Gasteiger partial charge in [0.05, 0.1) is 0 Å². The zero-order valence-electron chi connectivity index (χ0n) is 10.8. The molecule has 1 rings (SSSR count). The van der Waals surface area contributed by atoms with Crippen LogP contribution in [0.3, 0.4) is 0 Å². The van der Waals surface area contributed by atoms with E-state index < -0.39 is 6.09 Å². The van der Waals surface area contributed by atoms with Gasteiger partial charge in [0.15, 0.2) is 0 Å². The summed E-state index contributed by atoms with van der Waals surface area (Å²) < 4.78 is 4.83. The molecular weight excluding hydrogens is 264 g/mol. The van der Waals surface area contributed by atoms with Crippen LogP contribution < -0.4 is 10.6 Å². The van der Waals surface area contributed by atoms with E-state index in [1.807, 2.05) is 16.8 Å². The van der Waals surface area contributed by atoms with Gasteiger partial charge >= 0.3 is 6.09 Å². The highest BCUT2D eigenvalue weighted by atomic mass is 32.1. The van der Waals surface area contributed by atoms with E-state index in [0.29, 0.717) is 13.1 Å².